The standard InChI is InChI=1S/C14H26N2/c1-2-8-14(16-11-5-6-12-16)13(7-1)15-9-3-4-10-15/h13-14H,1-12H2/t13-,14+. The minimum atomic E-state index is 0.911. The first-order chi connectivity index (χ1) is 7.95. The maximum absolute atomic E-state index is 2.81. The van der Waals surface area contributed by atoms with Crippen molar-refractivity contribution in [3.05, 3.63) is 0 Å². The van der Waals surface area contributed by atoms with Crippen LogP contribution in [0.1, 0.15) is 51.4 Å². The number of nitrogens with zero attached hydrogens (tertiary/aromatic N) is 2. The highest BCUT2D eigenvalue weighted by Gasteiger charge is 2.35. The van der Waals surface area contributed by atoms with Crippen molar-refractivity contribution in [2.24, 2.45) is 0 Å². The van der Waals surface area contributed by atoms with Crippen LogP contribution in [0.5, 0.6) is 0 Å². The van der Waals surface area contributed by atoms with Crippen LogP contribution in [0.2, 0.25) is 0 Å². The average molecular weight is 222 g/mol. The van der Waals surface area contributed by atoms with Crippen molar-refractivity contribution in [3.8, 4) is 0 Å². The molecule has 0 unspecified atom stereocenters. The highest BCUT2D eigenvalue weighted by Crippen LogP contribution is 2.31. The molecule has 0 aromatic heterocycles. The average Bonchev–Trinajstić information content (AvgIpc) is 3.03. The van der Waals surface area contributed by atoms with Gasteiger partial charge in [-0.1, -0.05) is 12.8 Å². The fourth-order valence-corrected chi connectivity index (χ4v) is 4.09. The Balaban J connectivity index is 1.67. The molecule has 3 fully saturated rings. The van der Waals surface area contributed by atoms with Gasteiger partial charge in [0.05, 0.1) is 0 Å². The van der Waals surface area contributed by atoms with Crippen molar-refractivity contribution in [3.63, 3.8) is 0 Å². The topological polar surface area (TPSA) is 6.48 Å². The Hall–Kier alpha value is -0.0800. The number of hydrogen-bond acceptors (Lipinski definition) is 2. The summed E-state index contributed by atoms with van der Waals surface area (Å²) in [5, 5.41) is 0. The van der Waals surface area contributed by atoms with E-state index in [4.69, 9.17) is 0 Å². The molecule has 2 heterocycles. The second-order valence-electron chi connectivity index (χ2n) is 5.91. The van der Waals surface area contributed by atoms with Gasteiger partial charge < -0.3 is 0 Å². The van der Waals surface area contributed by atoms with Crippen LogP contribution in [0.3, 0.4) is 0 Å². The van der Waals surface area contributed by atoms with E-state index < -0.39 is 0 Å². The van der Waals surface area contributed by atoms with Gasteiger partial charge in [-0.3, -0.25) is 9.80 Å². The van der Waals surface area contributed by atoms with Gasteiger partial charge in [0, 0.05) is 12.1 Å². The summed E-state index contributed by atoms with van der Waals surface area (Å²) in [6.45, 7) is 5.54. The molecule has 3 rings (SSSR count). The third-order valence-corrected chi connectivity index (χ3v) is 4.91. The first-order valence-corrected chi connectivity index (χ1v) is 7.43. The summed E-state index contributed by atoms with van der Waals surface area (Å²) < 4.78 is 0. The lowest BCUT2D eigenvalue weighted by atomic mass is 9.88. The van der Waals surface area contributed by atoms with Crippen molar-refractivity contribution in [2.45, 2.75) is 63.5 Å². The highest BCUT2D eigenvalue weighted by atomic mass is 15.3. The van der Waals surface area contributed by atoms with Crippen LogP contribution in [0.25, 0.3) is 0 Å². The van der Waals surface area contributed by atoms with Crippen LogP contribution < -0.4 is 0 Å². The minimum absolute atomic E-state index is 0.911. The second-order valence-corrected chi connectivity index (χ2v) is 5.91. The van der Waals surface area contributed by atoms with E-state index in [-0.39, 0.29) is 0 Å². The molecule has 2 saturated heterocycles. The zero-order valence-corrected chi connectivity index (χ0v) is 10.5. The van der Waals surface area contributed by atoms with Gasteiger partial charge in [-0.15, -0.1) is 0 Å². The fraction of sp³-hybridized carbons (Fsp3) is 1.00. The van der Waals surface area contributed by atoms with Gasteiger partial charge in [-0.05, 0) is 64.7 Å². The van der Waals surface area contributed by atoms with Crippen LogP contribution in [0.15, 0.2) is 0 Å². The second kappa shape index (κ2) is 5.05. The largest absolute Gasteiger partial charge is 0.299 e. The summed E-state index contributed by atoms with van der Waals surface area (Å²) in [6.07, 6.45) is 11.7. The molecule has 0 radical (unpaired) electrons. The molecule has 2 nitrogen and oxygen atoms in total. The predicted octanol–water partition coefficient (Wildman–Crippen LogP) is 2.49. The molecule has 0 spiro atoms. The molecule has 3 aliphatic rings. The van der Waals surface area contributed by atoms with Crippen LogP contribution >= 0.6 is 0 Å². The lowest BCUT2D eigenvalue weighted by molar-refractivity contribution is 0.0754. The number of likely N-dealkylation sites (tertiary alicyclic amines) is 2. The van der Waals surface area contributed by atoms with Gasteiger partial charge in [0.15, 0.2) is 0 Å². The van der Waals surface area contributed by atoms with E-state index in [0.29, 0.717) is 0 Å². The van der Waals surface area contributed by atoms with Crippen LogP contribution in [0, 0.1) is 0 Å². The molecule has 1 aliphatic carbocycles. The number of hydrogen-bond donors (Lipinski definition) is 0. The fourth-order valence-electron chi connectivity index (χ4n) is 4.09. The van der Waals surface area contributed by atoms with Crippen LogP contribution in [-0.4, -0.2) is 48.1 Å². The molecule has 1 saturated carbocycles. The summed E-state index contributed by atoms with van der Waals surface area (Å²) in [4.78, 5) is 5.62. The predicted molar refractivity (Wildman–Crippen MR) is 67.7 cm³/mol. The Morgan fingerprint density at radius 3 is 1.25 bits per heavy atom. The summed E-state index contributed by atoms with van der Waals surface area (Å²) in [5.74, 6) is 0. The molecule has 0 N–H and O–H groups in total. The zero-order valence-electron chi connectivity index (χ0n) is 10.5. The Morgan fingerprint density at radius 1 is 0.500 bits per heavy atom. The molecule has 0 aromatic carbocycles. The quantitative estimate of drug-likeness (QED) is 0.708. The highest BCUT2D eigenvalue weighted by molar-refractivity contribution is 4.92. The Labute approximate surface area is 100.0 Å². The van der Waals surface area contributed by atoms with Gasteiger partial charge >= 0.3 is 0 Å². The lowest BCUT2D eigenvalue weighted by Gasteiger charge is -2.42. The molecule has 2 atom stereocenters. The molecule has 0 aromatic rings. The Kier molecular flexibility index (Phi) is 3.49. The van der Waals surface area contributed by atoms with Gasteiger partial charge in [-0.25, -0.2) is 0 Å². The molecule has 0 amide bonds. The first-order valence-electron chi connectivity index (χ1n) is 7.43. The normalized spacial score (nSPS) is 38.2. The molecule has 2 heteroatoms. The van der Waals surface area contributed by atoms with E-state index in [1.165, 1.54) is 77.5 Å². The number of rotatable bonds is 2. The third kappa shape index (κ3) is 2.14. The van der Waals surface area contributed by atoms with Gasteiger partial charge in [0.1, 0.15) is 0 Å². The van der Waals surface area contributed by atoms with Crippen molar-refractivity contribution >= 4 is 0 Å². The summed E-state index contributed by atoms with van der Waals surface area (Å²) in [5.41, 5.74) is 0. The van der Waals surface area contributed by atoms with E-state index in [9.17, 15) is 0 Å². The van der Waals surface area contributed by atoms with Gasteiger partial charge in [0.25, 0.3) is 0 Å². The molecule has 2 aliphatic heterocycles. The molecule has 16 heavy (non-hydrogen) atoms. The lowest BCUT2D eigenvalue weighted by Crippen LogP contribution is -2.51. The monoisotopic (exact) mass is 222 g/mol. The molecule has 0 bridgehead atoms. The maximum atomic E-state index is 2.81. The molecular formula is C14H26N2. The van der Waals surface area contributed by atoms with E-state index in [0.717, 1.165) is 12.1 Å². The smallest absolute Gasteiger partial charge is 0.0251 e. The SMILES string of the molecule is C1CC[C@H](N2CCCC2)[C@H](N2CCCC2)C1. The third-order valence-electron chi connectivity index (χ3n) is 4.91. The van der Waals surface area contributed by atoms with Gasteiger partial charge in [0.2, 0.25) is 0 Å². The Bertz CT molecular complexity index is 193. The minimum Gasteiger partial charge on any atom is -0.299 e. The van der Waals surface area contributed by atoms with Crippen LogP contribution in [-0.2, 0) is 0 Å². The summed E-state index contributed by atoms with van der Waals surface area (Å²) in [6, 6.07) is 1.82. The van der Waals surface area contributed by atoms with Crippen molar-refractivity contribution in [2.75, 3.05) is 26.2 Å². The maximum Gasteiger partial charge on any atom is 0.0251 e. The molecule has 92 valence electrons. The Morgan fingerprint density at radius 2 is 0.875 bits per heavy atom. The van der Waals surface area contributed by atoms with E-state index in [1.807, 2.05) is 0 Å². The molecular weight excluding hydrogens is 196 g/mol. The first kappa shape index (κ1) is 11.0. The van der Waals surface area contributed by atoms with Gasteiger partial charge in [-0.2, -0.15) is 0 Å². The summed E-state index contributed by atoms with van der Waals surface area (Å²) >= 11 is 0. The van der Waals surface area contributed by atoms with E-state index in [2.05, 4.69) is 9.80 Å². The van der Waals surface area contributed by atoms with E-state index >= 15 is 0 Å². The van der Waals surface area contributed by atoms with Crippen LogP contribution in [0.4, 0.5) is 0 Å². The van der Waals surface area contributed by atoms with Crippen molar-refractivity contribution in [1.29, 1.82) is 0 Å². The zero-order chi connectivity index (χ0) is 10.8. The summed E-state index contributed by atoms with van der Waals surface area (Å²) in [7, 11) is 0. The van der Waals surface area contributed by atoms with Crippen molar-refractivity contribution < 1.29 is 0 Å². The van der Waals surface area contributed by atoms with E-state index in [1.54, 1.807) is 0 Å². The van der Waals surface area contributed by atoms with Crippen molar-refractivity contribution in [1.82, 2.24) is 9.80 Å².